The topological polar surface area (TPSA) is 94.6 Å². The second-order valence-electron chi connectivity index (χ2n) is 8.11. The molecule has 7 nitrogen and oxygen atoms in total. The average Bonchev–Trinajstić information content (AvgIpc) is 3.34. The van der Waals surface area contributed by atoms with Gasteiger partial charge in [0.1, 0.15) is 17.4 Å². The van der Waals surface area contributed by atoms with Gasteiger partial charge in [0.2, 0.25) is 5.89 Å². The Morgan fingerprint density at radius 3 is 2.40 bits per heavy atom. The molecule has 0 amide bonds. The highest BCUT2D eigenvalue weighted by Crippen LogP contribution is 2.35. The Hall–Kier alpha value is -4.65. The van der Waals surface area contributed by atoms with Crippen molar-refractivity contribution in [3.63, 3.8) is 0 Å². The second kappa shape index (κ2) is 9.30. The molecule has 5 aromatic rings. The van der Waals surface area contributed by atoms with Crippen LogP contribution in [0.25, 0.3) is 33.5 Å². The van der Waals surface area contributed by atoms with Crippen molar-refractivity contribution in [2.24, 2.45) is 0 Å². The monoisotopic (exact) mass is 466 g/mol. The lowest BCUT2D eigenvalue weighted by Crippen LogP contribution is -2.22. The van der Waals surface area contributed by atoms with Gasteiger partial charge in [-0.2, -0.15) is 0 Å². The summed E-state index contributed by atoms with van der Waals surface area (Å²) in [5, 5.41) is 10.4. The zero-order valence-corrected chi connectivity index (χ0v) is 18.9. The predicted molar refractivity (Wildman–Crippen MR) is 132 cm³/mol. The van der Waals surface area contributed by atoms with E-state index in [2.05, 4.69) is 4.98 Å². The summed E-state index contributed by atoms with van der Waals surface area (Å²) in [4.78, 5) is 28.4. The lowest BCUT2D eigenvalue weighted by atomic mass is 10.1. The van der Waals surface area contributed by atoms with Crippen molar-refractivity contribution in [2.75, 3.05) is 0 Å². The van der Waals surface area contributed by atoms with Crippen molar-refractivity contribution in [1.29, 1.82) is 0 Å². The highest BCUT2D eigenvalue weighted by atomic mass is 16.5. The molecule has 0 fully saturated rings. The molecular formula is C28H22N2O5. The molecule has 3 aromatic carbocycles. The maximum atomic E-state index is 12.4. The lowest BCUT2D eigenvalue weighted by Gasteiger charge is -2.12. The van der Waals surface area contributed by atoms with E-state index in [0.29, 0.717) is 17.2 Å². The molecule has 0 aliphatic carbocycles. The zero-order valence-electron chi connectivity index (χ0n) is 18.9. The van der Waals surface area contributed by atoms with Crippen LogP contribution in [0.15, 0.2) is 100 Å². The van der Waals surface area contributed by atoms with Gasteiger partial charge < -0.3 is 14.3 Å². The fourth-order valence-electron chi connectivity index (χ4n) is 3.83. The number of fused-ring (bicyclic) bond motifs is 1. The highest BCUT2D eigenvalue weighted by molar-refractivity contribution is 5.80. The van der Waals surface area contributed by atoms with E-state index in [9.17, 15) is 14.7 Å². The summed E-state index contributed by atoms with van der Waals surface area (Å²) >= 11 is 0. The van der Waals surface area contributed by atoms with Gasteiger partial charge in [-0.15, -0.1) is 0 Å². The van der Waals surface area contributed by atoms with Crippen molar-refractivity contribution < 1.29 is 19.1 Å². The summed E-state index contributed by atoms with van der Waals surface area (Å²) in [6.07, 6.45) is 0. The Bertz CT molecular complexity index is 1550. The summed E-state index contributed by atoms with van der Waals surface area (Å²) < 4.78 is 13.4. The lowest BCUT2D eigenvalue weighted by molar-refractivity contribution is -0.138. The van der Waals surface area contributed by atoms with Gasteiger partial charge in [-0.1, -0.05) is 48.5 Å². The number of oxazole rings is 1. The molecule has 5 rings (SSSR count). The smallest absolute Gasteiger partial charge is 0.315 e. The molecule has 1 unspecified atom stereocenters. The summed E-state index contributed by atoms with van der Waals surface area (Å²) in [6, 6.07) is 27.6. The van der Waals surface area contributed by atoms with Gasteiger partial charge in [-0.25, -0.2) is 4.98 Å². The van der Waals surface area contributed by atoms with Gasteiger partial charge in [0.15, 0.2) is 12.5 Å². The third-order valence-electron chi connectivity index (χ3n) is 5.81. The summed E-state index contributed by atoms with van der Waals surface area (Å²) in [5.74, 6) is -0.665. The van der Waals surface area contributed by atoms with Crippen LogP contribution in [0.3, 0.4) is 0 Å². The molecule has 0 aliphatic rings. The molecule has 0 bridgehead atoms. The van der Waals surface area contributed by atoms with Gasteiger partial charge in [0.25, 0.3) is 5.56 Å². The number of hydrogen-bond acceptors (Lipinski definition) is 5. The molecule has 0 aliphatic heterocycles. The van der Waals surface area contributed by atoms with Crippen LogP contribution >= 0.6 is 0 Å². The minimum atomic E-state index is -1.01. The standard InChI is InChI=1S/C28H22N2O5/c1-18(28(32)33)27-29-25(26(35-27)21-8-3-2-4-9-21)20-11-14-22(15-12-20)34-17-30-23-10-6-5-7-19(23)13-16-24(30)31/h2-16,18H,17H2,1H3,(H,32,33). The van der Waals surface area contributed by atoms with Crippen LogP contribution in [0.2, 0.25) is 0 Å². The number of ether oxygens (including phenoxy) is 1. The molecule has 2 heterocycles. The number of nitrogens with zero attached hydrogens (tertiary/aromatic N) is 2. The molecule has 1 atom stereocenters. The van der Waals surface area contributed by atoms with Gasteiger partial charge in [0, 0.05) is 17.2 Å². The number of benzene rings is 3. The van der Waals surface area contributed by atoms with Crippen molar-refractivity contribution in [2.45, 2.75) is 19.6 Å². The number of aromatic nitrogens is 2. The van der Waals surface area contributed by atoms with Gasteiger partial charge >= 0.3 is 5.97 Å². The molecule has 2 aromatic heterocycles. The minimum absolute atomic E-state index is 0.0685. The Morgan fingerprint density at radius 1 is 0.943 bits per heavy atom. The number of aliphatic carboxylic acids is 1. The number of carboxylic acid groups (broad SMARTS) is 1. The van der Waals surface area contributed by atoms with E-state index in [-0.39, 0.29) is 18.2 Å². The largest absolute Gasteiger partial charge is 0.481 e. The first-order valence-electron chi connectivity index (χ1n) is 11.1. The maximum absolute atomic E-state index is 12.4. The average molecular weight is 466 g/mol. The van der Waals surface area contributed by atoms with E-state index in [4.69, 9.17) is 9.15 Å². The fourth-order valence-corrected chi connectivity index (χ4v) is 3.83. The predicted octanol–water partition coefficient (Wildman–Crippen LogP) is 5.55. The quantitative estimate of drug-likeness (QED) is 0.338. The SMILES string of the molecule is CC(C(=O)O)c1nc(-c2ccc(OCn3c(=O)ccc4ccccc43)cc2)c(-c2ccccc2)o1. The van der Waals surface area contributed by atoms with Crippen LogP contribution in [0.5, 0.6) is 5.75 Å². The molecule has 1 N–H and O–H groups in total. The molecule has 0 radical (unpaired) electrons. The molecule has 7 heteroatoms. The number of rotatable bonds is 7. The second-order valence-corrected chi connectivity index (χ2v) is 8.11. The summed E-state index contributed by atoms with van der Waals surface area (Å²) in [6.45, 7) is 1.61. The summed E-state index contributed by atoms with van der Waals surface area (Å²) in [5.41, 5.74) is 2.76. The van der Waals surface area contributed by atoms with E-state index in [0.717, 1.165) is 22.0 Å². The van der Waals surface area contributed by atoms with E-state index >= 15 is 0 Å². The van der Waals surface area contributed by atoms with E-state index < -0.39 is 11.9 Å². The van der Waals surface area contributed by atoms with E-state index in [1.165, 1.54) is 6.07 Å². The van der Waals surface area contributed by atoms with Crippen molar-refractivity contribution in [3.8, 4) is 28.3 Å². The number of pyridine rings is 1. The molecular weight excluding hydrogens is 444 g/mol. The molecule has 35 heavy (non-hydrogen) atoms. The van der Waals surface area contributed by atoms with Crippen LogP contribution in [-0.2, 0) is 11.5 Å². The molecule has 0 saturated carbocycles. The fraction of sp³-hybridized carbons (Fsp3) is 0.107. The van der Waals surface area contributed by atoms with Crippen LogP contribution in [-0.4, -0.2) is 20.6 Å². The Balaban J connectivity index is 1.44. The Kier molecular flexibility index (Phi) is 5.89. The summed E-state index contributed by atoms with van der Waals surface area (Å²) in [7, 11) is 0. The Morgan fingerprint density at radius 2 is 1.66 bits per heavy atom. The molecule has 0 spiro atoms. The first kappa shape index (κ1) is 22.2. The Labute approximate surface area is 200 Å². The van der Waals surface area contributed by atoms with E-state index in [1.54, 1.807) is 29.7 Å². The minimum Gasteiger partial charge on any atom is -0.481 e. The van der Waals surface area contributed by atoms with Crippen LogP contribution in [0.4, 0.5) is 0 Å². The molecule has 174 valence electrons. The normalized spacial score (nSPS) is 11.9. The highest BCUT2D eigenvalue weighted by Gasteiger charge is 2.24. The van der Waals surface area contributed by atoms with Crippen molar-refractivity contribution in [3.05, 3.63) is 107 Å². The first-order chi connectivity index (χ1) is 17.0. The van der Waals surface area contributed by atoms with Gasteiger partial charge in [-0.3, -0.25) is 14.2 Å². The van der Waals surface area contributed by atoms with Crippen molar-refractivity contribution in [1.82, 2.24) is 9.55 Å². The third-order valence-corrected chi connectivity index (χ3v) is 5.81. The van der Waals surface area contributed by atoms with Crippen LogP contribution in [0.1, 0.15) is 18.7 Å². The zero-order chi connectivity index (χ0) is 24.4. The number of carboxylic acids is 1. The van der Waals surface area contributed by atoms with Gasteiger partial charge in [0.05, 0.1) is 5.52 Å². The number of carbonyl (C=O) groups is 1. The van der Waals surface area contributed by atoms with E-state index in [1.807, 2.05) is 66.7 Å². The van der Waals surface area contributed by atoms with Crippen LogP contribution in [0, 0.1) is 0 Å². The first-order valence-corrected chi connectivity index (χ1v) is 11.1. The third kappa shape index (κ3) is 4.44. The van der Waals surface area contributed by atoms with Crippen LogP contribution < -0.4 is 10.3 Å². The van der Waals surface area contributed by atoms with Crippen molar-refractivity contribution >= 4 is 16.9 Å². The van der Waals surface area contributed by atoms with Gasteiger partial charge in [-0.05, 0) is 48.7 Å². The maximum Gasteiger partial charge on any atom is 0.315 e. The number of hydrogen-bond donors (Lipinski definition) is 1. The number of para-hydroxylation sites is 1. The molecule has 0 saturated heterocycles.